The molecule has 0 atom stereocenters. The smallest absolute Gasteiger partial charge is 0.187 e. The molecule has 3 nitrogen and oxygen atoms in total. The first-order valence-electron chi connectivity index (χ1n) is 8.27. The molecule has 0 aromatic heterocycles. The third kappa shape index (κ3) is 4.83. The van der Waals surface area contributed by atoms with Crippen LogP contribution in [0.25, 0.3) is 5.70 Å². The molecule has 3 aromatic carbocycles. The lowest BCUT2D eigenvalue weighted by Crippen LogP contribution is -2.13. The van der Waals surface area contributed by atoms with Gasteiger partial charge in [0, 0.05) is 34.0 Å². The van der Waals surface area contributed by atoms with E-state index in [1.807, 2.05) is 78.9 Å². The Morgan fingerprint density at radius 1 is 0.885 bits per heavy atom. The van der Waals surface area contributed by atoms with Crippen molar-refractivity contribution in [2.45, 2.75) is 6.54 Å². The molecule has 0 aliphatic rings. The lowest BCUT2D eigenvalue weighted by atomic mass is 10.1. The number of benzene rings is 3. The number of halogens is 1. The molecule has 3 aromatic rings. The Kier molecular flexibility index (Phi) is 5.87. The third-order valence-corrected chi connectivity index (χ3v) is 4.48. The summed E-state index contributed by atoms with van der Waals surface area (Å²) in [6.07, 6.45) is 1.65. The van der Waals surface area contributed by atoms with E-state index in [1.165, 1.54) is 0 Å². The zero-order valence-corrected chi connectivity index (χ0v) is 15.7. The topological polar surface area (TPSA) is 55.1 Å². The van der Waals surface area contributed by atoms with E-state index >= 15 is 0 Å². The largest absolute Gasteiger partial charge is 0.399 e. The number of hydrogen-bond acceptors (Lipinski definition) is 3. The average Bonchev–Trinajstić information content (AvgIpc) is 2.67. The molecule has 26 heavy (non-hydrogen) atoms. The van der Waals surface area contributed by atoms with E-state index in [-0.39, 0.29) is 5.78 Å². The second-order valence-electron chi connectivity index (χ2n) is 5.89. The minimum absolute atomic E-state index is 0.0340. The van der Waals surface area contributed by atoms with Crippen LogP contribution in [-0.4, -0.2) is 5.78 Å². The Balaban J connectivity index is 1.86. The summed E-state index contributed by atoms with van der Waals surface area (Å²) in [5, 5.41) is 3.38. The molecule has 3 rings (SSSR count). The predicted molar refractivity (Wildman–Crippen MR) is 111 cm³/mol. The van der Waals surface area contributed by atoms with Crippen molar-refractivity contribution < 1.29 is 4.79 Å². The second kappa shape index (κ2) is 8.50. The van der Waals surface area contributed by atoms with Gasteiger partial charge in [-0.25, -0.2) is 0 Å². The maximum atomic E-state index is 12.6. The summed E-state index contributed by atoms with van der Waals surface area (Å²) in [6.45, 7) is 0.601. The number of rotatable bonds is 6. The van der Waals surface area contributed by atoms with Gasteiger partial charge in [0.2, 0.25) is 0 Å². The zero-order valence-electron chi connectivity index (χ0n) is 14.2. The van der Waals surface area contributed by atoms with E-state index in [1.54, 1.807) is 6.08 Å². The monoisotopic (exact) mass is 406 g/mol. The molecule has 0 aliphatic heterocycles. The molecule has 0 amide bonds. The first-order chi connectivity index (χ1) is 12.6. The molecule has 0 radical (unpaired) electrons. The van der Waals surface area contributed by atoms with Gasteiger partial charge in [-0.05, 0) is 35.4 Å². The molecule has 0 saturated heterocycles. The van der Waals surface area contributed by atoms with Crippen LogP contribution in [0, 0.1) is 0 Å². The molecule has 0 aliphatic carbocycles. The summed E-state index contributed by atoms with van der Waals surface area (Å²) in [7, 11) is 0. The van der Waals surface area contributed by atoms with E-state index in [0.29, 0.717) is 12.1 Å². The van der Waals surface area contributed by atoms with Gasteiger partial charge < -0.3 is 11.1 Å². The van der Waals surface area contributed by atoms with Crippen LogP contribution in [0.4, 0.5) is 5.69 Å². The summed E-state index contributed by atoms with van der Waals surface area (Å²) >= 11 is 3.45. The highest BCUT2D eigenvalue weighted by Gasteiger charge is 2.07. The van der Waals surface area contributed by atoms with Crippen LogP contribution in [0.1, 0.15) is 21.5 Å². The maximum Gasteiger partial charge on any atom is 0.187 e. The van der Waals surface area contributed by atoms with Crippen molar-refractivity contribution in [1.82, 2.24) is 5.32 Å². The summed E-state index contributed by atoms with van der Waals surface area (Å²) < 4.78 is 0.994. The summed E-state index contributed by atoms with van der Waals surface area (Å²) in [4.78, 5) is 12.6. The quantitative estimate of drug-likeness (QED) is 0.342. The van der Waals surface area contributed by atoms with Crippen LogP contribution in [0.2, 0.25) is 0 Å². The number of ketones is 1. The van der Waals surface area contributed by atoms with Crippen molar-refractivity contribution in [2.75, 3.05) is 5.73 Å². The average molecular weight is 407 g/mol. The number of hydrogen-bond donors (Lipinski definition) is 2. The van der Waals surface area contributed by atoms with E-state index in [0.717, 1.165) is 27.0 Å². The van der Waals surface area contributed by atoms with Gasteiger partial charge in [0.25, 0.3) is 0 Å². The highest BCUT2D eigenvalue weighted by Crippen LogP contribution is 2.18. The predicted octanol–water partition coefficient (Wildman–Crippen LogP) is 5.04. The van der Waals surface area contributed by atoms with Crippen LogP contribution in [-0.2, 0) is 6.54 Å². The molecule has 3 N–H and O–H groups in total. The van der Waals surface area contributed by atoms with Crippen molar-refractivity contribution in [3.8, 4) is 0 Å². The summed E-state index contributed by atoms with van der Waals surface area (Å²) in [5.41, 5.74) is 9.96. The van der Waals surface area contributed by atoms with E-state index in [4.69, 9.17) is 5.73 Å². The van der Waals surface area contributed by atoms with Gasteiger partial charge in [-0.1, -0.05) is 70.5 Å². The number of anilines is 1. The van der Waals surface area contributed by atoms with Crippen LogP contribution in [0.15, 0.2) is 89.4 Å². The normalized spacial score (nSPS) is 11.2. The Labute approximate surface area is 161 Å². The van der Waals surface area contributed by atoms with E-state index < -0.39 is 0 Å². The standard InChI is InChI=1S/C22H19BrN2O/c23-19-10-8-17(9-11-19)21(14-22(26)18-4-2-1-3-5-18)25-15-16-6-12-20(24)13-7-16/h1-14,25H,15,24H2/b21-14-. The van der Waals surface area contributed by atoms with Gasteiger partial charge in [0.05, 0.1) is 0 Å². The van der Waals surface area contributed by atoms with E-state index in [9.17, 15) is 4.79 Å². The molecule has 0 fully saturated rings. The van der Waals surface area contributed by atoms with Gasteiger partial charge in [0.15, 0.2) is 5.78 Å². The molecule has 130 valence electrons. The number of allylic oxidation sites excluding steroid dienone is 1. The first kappa shape index (κ1) is 18.0. The Morgan fingerprint density at radius 3 is 2.19 bits per heavy atom. The van der Waals surface area contributed by atoms with Crippen LogP contribution in [0.5, 0.6) is 0 Å². The lowest BCUT2D eigenvalue weighted by Gasteiger charge is -2.12. The second-order valence-corrected chi connectivity index (χ2v) is 6.81. The van der Waals surface area contributed by atoms with Crippen molar-refractivity contribution in [3.63, 3.8) is 0 Å². The summed E-state index contributed by atoms with van der Waals surface area (Å²) in [6, 6.07) is 24.8. The highest BCUT2D eigenvalue weighted by molar-refractivity contribution is 9.10. The number of nitrogen functional groups attached to an aromatic ring is 1. The number of nitrogens with two attached hydrogens (primary N) is 1. The van der Waals surface area contributed by atoms with E-state index in [2.05, 4.69) is 21.2 Å². The van der Waals surface area contributed by atoms with Crippen molar-refractivity contribution >= 4 is 33.1 Å². The third-order valence-electron chi connectivity index (χ3n) is 3.95. The van der Waals surface area contributed by atoms with Crippen LogP contribution < -0.4 is 11.1 Å². The molecule has 0 unspecified atom stereocenters. The van der Waals surface area contributed by atoms with Crippen molar-refractivity contribution in [2.24, 2.45) is 0 Å². The fraction of sp³-hybridized carbons (Fsp3) is 0.0455. The van der Waals surface area contributed by atoms with Crippen molar-refractivity contribution in [3.05, 3.63) is 106 Å². The molecule has 0 saturated carbocycles. The zero-order chi connectivity index (χ0) is 18.4. The highest BCUT2D eigenvalue weighted by atomic mass is 79.9. The minimum atomic E-state index is -0.0340. The van der Waals surface area contributed by atoms with Gasteiger partial charge >= 0.3 is 0 Å². The molecular weight excluding hydrogens is 388 g/mol. The lowest BCUT2D eigenvalue weighted by molar-refractivity contribution is 0.104. The maximum absolute atomic E-state index is 12.6. The molecule has 0 spiro atoms. The van der Waals surface area contributed by atoms with Gasteiger partial charge in [-0.2, -0.15) is 0 Å². The number of carbonyl (C=O) groups excluding carboxylic acids is 1. The number of carbonyl (C=O) groups is 1. The Hall–Kier alpha value is -2.85. The van der Waals surface area contributed by atoms with Crippen molar-refractivity contribution in [1.29, 1.82) is 0 Å². The van der Waals surface area contributed by atoms with Crippen LogP contribution in [0.3, 0.4) is 0 Å². The van der Waals surface area contributed by atoms with Gasteiger partial charge in [0.1, 0.15) is 0 Å². The Morgan fingerprint density at radius 2 is 1.54 bits per heavy atom. The van der Waals surface area contributed by atoms with Crippen LogP contribution >= 0.6 is 15.9 Å². The molecule has 0 bridgehead atoms. The molecular formula is C22H19BrN2O. The minimum Gasteiger partial charge on any atom is -0.399 e. The SMILES string of the molecule is Nc1ccc(CN/C(=C\C(=O)c2ccccc2)c2ccc(Br)cc2)cc1. The number of nitrogens with one attached hydrogen (secondary N) is 1. The fourth-order valence-corrected chi connectivity index (χ4v) is 2.78. The van der Waals surface area contributed by atoms with Gasteiger partial charge in [-0.15, -0.1) is 0 Å². The first-order valence-corrected chi connectivity index (χ1v) is 9.06. The molecule has 0 heterocycles. The Bertz CT molecular complexity index is 901. The fourth-order valence-electron chi connectivity index (χ4n) is 2.52. The van der Waals surface area contributed by atoms with Gasteiger partial charge in [-0.3, -0.25) is 4.79 Å². The molecule has 4 heteroatoms. The summed E-state index contributed by atoms with van der Waals surface area (Å²) in [5.74, 6) is -0.0340.